The van der Waals surface area contributed by atoms with Crippen LogP contribution in [0.2, 0.25) is 0 Å². The second kappa shape index (κ2) is 11.1. The molecule has 0 bridgehead atoms. The Balaban J connectivity index is 1.50. The Kier molecular flexibility index (Phi) is 7.46. The van der Waals surface area contributed by atoms with Crippen LogP contribution < -0.4 is 15.8 Å². The van der Waals surface area contributed by atoms with E-state index in [1.165, 1.54) is 0 Å². The van der Waals surface area contributed by atoms with Crippen LogP contribution in [0.5, 0.6) is 0 Å². The van der Waals surface area contributed by atoms with E-state index in [1.54, 1.807) is 0 Å². The van der Waals surface area contributed by atoms with Crippen molar-refractivity contribution >= 4 is 49.9 Å². The third-order valence-corrected chi connectivity index (χ3v) is 6.72. The molecule has 1 saturated heterocycles. The molecule has 8 heteroatoms. The number of fused-ring (bicyclic) bond motifs is 1. The number of β-amino-alcohol motifs (C(OH)–C–C–N with tert-alkyl or cyclic N) is 1. The van der Waals surface area contributed by atoms with Gasteiger partial charge in [0.2, 0.25) is 5.55 Å². The van der Waals surface area contributed by atoms with Crippen molar-refractivity contribution in [2.24, 2.45) is 4.99 Å². The number of halogens is 1. The Morgan fingerprint density at radius 3 is 2.50 bits per heavy atom. The van der Waals surface area contributed by atoms with E-state index in [9.17, 15) is 9.90 Å². The van der Waals surface area contributed by atoms with Gasteiger partial charge in [-0.15, -0.1) is 0 Å². The summed E-state index contributed by atoms with van der Waals surface area (Å²) in [5.74, 6) is -0.294. The zero-order valence-electron chi connectivity index (χ0n) is 19.7. The Morgan fingerprint density at radius 1 is 0.972 bits per heavy atom. The fourth-order valence-electron chi connectivity index (χ4n) is 4.36. The van der Waals surface area contributed by atoms with Crippen molar-refractivity contribution in [2.45, 2.75) is 0 Å². The molecule has 5 rings (SSSR count). The third kappa shape index (κ3) is 5.51. The van der Waals surface area contributed by atoms with Gasteiger partial charge < -0.3 is 19.7 Å². The summed E-state index contributed by atoms with van der Waals surface area (Å²) in [7, 11) is 0. The first-order valence-electron chi connectivity index (χ1n) is 11.9. The number of piperazine rings is 1. The highest BCUT2D eigenvalue weighted by Gasteiger charge is 2.21. The molecule has 4 aromatic rings. The predicted molar refractivity (Wildman–Crippen MR) is 146 cm³/mol. The van der Waals surface area contributed by atoms with Gasteiger partial charge in [0, 0.05) is 42.6 Å². The molecule has 0 spiro atoms. The highest BCUT2D eigenvalue weighted by molar-refractivity contribution is 9.10. The Labute approximate surface area is 217 Å². The molecule has 1 aliphatic heterocycles. The number of benzene rings is 3. The van der Waals surface area contributed by atoms with E-state index in [4.69, 9.17) is 4.42 Å². The maximum atomic E-state index is 13.7. The predicted octanol–water partition coefficient (Wildman–Crippen LogP) is 4.79. The molecule has 2 N–H and O–H groups in total. The van der Waals surface area contributed by atoms with Gasteiger partial charge in [0.05, 0.1) is 23.7 Å². The molecule has 0 radical (unpaired) electrons. The van der Waals surface area contributed by atoms with Crippen LogP contribution in [0.15, 0.2) is 92.7 Å². The number of amides is 1. The summed E-state index contributed by atoms with van der Waals surface area (Å²) in [5.41, 5.74) is 3.64. The zero-order chi connectivity index (χ0) is 24.9. The monoisotopic (exact) mass is 546 g/mol. The molecule has 36 heavy (non-hydrogen) atoms. The highest BCUT2D eigenvalue weighted by atomic mass is 79.9. The highest BCUT2D eigenvalue weighted by Crippen LogP contribution is 2.31. The Hall–Kier alpha value is -3.46. The second-order valence-electron chi connectivity index (χ2n) is 8.62. The molecule has 0 atom stereocenters. The van der Waals surface area contributed by atoms with E-state index in [1.807, 2.05) is 78.9 Å². The number of nitrogens with zero attached hydrogens (tertiary/aromatic N) is 3. The van der Waals surface area contributed by atoms with E-state index in [2.05, 4.69) is 36.0 Å². The van der Waals surface area contributed by atoms with Crippen LogP contribution in [0.25, 0.3) is 11.0 Å². The molecule has 3 aromatic carbocycles. The van der Waals surface area contributed by atoms with Crippen molar-refractivity contribution in [3.8, 4) is 0 Å². The molecule has 1 aliphatic rings. The van der Waals surface area contributed by atoms with Gasteiger partial charge in [0.1, 0.15) is 11.1 Å². The second-order valence-corrected chi connectivity index (χ2v) is 9.53. The summed E-state index contributed by atoms with van der Waals surface area (Å²) in [6.45, 7) is 4.17. The Bertz CT molecular complexity index is 1430. The number of carbonyl (C=O) groups excluding carboxylic acids is 1. The number of para-hydroxylation sites is 2. The number of nitrogens with one attached hydrogen (secondary N) is 1. The molecule has 2 heterocycles. The molecule has 7 nitrogen and oxygen atoms in total. The van der Waals surface area contributed by atoms with Gasteiger partial charge >= 0.3 is 0 Å². The molecular formula is C28H27BrN4O3. The minimum atomic E-state index is -0.294. The largest absolute Gasteiger partial charge is 0.438 e. The first kappa shape index (κ1) is 24.2. The minimum Gasteiger partial charge on any atom is -0.438 e. The maximum absolute atomic E-state index is 13.7. The molecule has 1 amide bonds. The zero-order valence-corrected chi connectivity index (χ0v) is 21.3. The van der Waals surface area contributed by atoms with E-state index in [0.29, 0.717) is 29.1 Å². The van der Waals surface area contributed by atoms with Crippen LogP contribution in [0, 0.1) is 0 Å². The average Bonchev–Trinajstić information content (AvgIpc) is 2.90. The summed E-state index contributed by atoms with van der Waals surface area (Å²) in [6.07, 6.45) is 0. The molecule has 1 fully saturated rings. The fraction of sp³-hybridized carbons (Fsp3) is 0.214. The molecule has 0 aliphatic carbocycles. The van der Waals surface area contributed by atoms with Crippen LogP contribution >= 0.6 is 15.9 Å². The smallest absolute Gasteiger partial charge is 0.261 e. The summed E-state index contributed by atoms with van der Waals surface area (Å²) in [4.78, 5) is 22.8. The van der Waals surface area contributed by atoms with Crippen LogP contribution in [0.1, 0.15) is 10.4 Å². The van der Waals surface area contributed by atoms with Gasteiger partial charge in [-0.3, -0.25) is 9.69 Å². The average molecular weight is 547 g/mol. The lowest BCUT2D eigenvalue weighted by atomic mass is 10.1. The lowest BCUT2D eigenvalue weighted by molar-refractivity contribution is 0.102. The number of carbonyl (C=O) groups is 1. The summed E-state index contributed by atoms with van der Waals surface area (Å²) in [6, 6.07) is 24.8. The number of aliphatic hydroxyl groups excluding tert-OH is 1. The number of hydrogen-bond acceptors (Lipinski definition) is 6. The van der Waals surface area contributed by atoms with Crippen LogP contribution in [-0.2, 0) is 0 Å². The van der Waals surface area contributed by atoms with E-state index < -0.39 is 0 Å². The van der Waals surface area contributed by atoms with Gasteiger partial charge in [0.25, 0.3) is 5.91 Å². The molecule has 1 aromatic heterocycles. The molecule has 0 saturated carbocycles. The van der Waals surface area contributed by atoms with Crippen molar-refractivity contribution in [2.75, 3.05) is 49.5 Å². The molecule has 0 unspecified atom stereocenters. The fourth-order valence-corrected chi connectivity index (χ4v) is 4.72. The quantitative estimate of drug-likeness (QED) is 0.363. The lowest BCUT2D eigenvalue weighted by Crippen LogP contribution is -2.47. The summed E-state index contributed by atoms with van der Waals surface area (Å²) in [5, 5.41) is 13.2. The van der Waals surface area contributed by atoms with E-state index >= 15 is 0 Å². The van der Waals surface area contributed by atoms with Gasteiger partial charge in [-0.25, -0.2) is 4.99 Å². The van der Waals surface area contributed by atoms with Crippen LogP contribution in [-0.4, -0.2) is 55.2 Å². The number of hydrogen-bond donors (Lipinski definition) is 2. The van der Waals surface area contributed by atoms with Crippen molar-refractivity contribution in [3.63, 3.8) is 0 Å². The first-order chi connectivity index (χ1) is 17.6. The standard InChI is InChI=1S/C28H27BrN4O3/c29-21-10-11-25(33-14-12-32(13-15-33)16-17-34)24(19-21)31-27(35)23-18-20-6-4-5-9-26(20)36-28(23)30-22-7-2-1-3-8-22/h1-11,18-19,34H,12-17H2,(H,31,35). The van der Waals surface area contributed by atoms with Crippen molar-refractivity contribution in [3.05, 3.63) is 94.5 Å². The lowest BCUT2D eigenvalue weighted by Gasteiger charge is -2.36. The van der Waals surface area contributed by atoms with Gasteiger partial charge in [-0.05, 0) is 42.5 Å². The molecular weight excluding hydrogens is 520 g/mol. The summed E-state index contributed by atoms with van der Waals surface area (Å²) < 4.78 is 6.96. The van der Waals surface area contributed by atoms with Gasteiger partial charge in [-0.1, -0.05) is 52.3 Å². The first-order valence-corrected chi connectivity index (χ1v) is 12.7. The number of anilines is 2. The third-order valence-electron chi connectivity index (χ3n) is 6.22. The van der Waals surface area contributed by atoms with Crippen LogP contribution in [0.3, 0.4) is 0 Å². The topological polar surface area (TPSA) is 81.3 Å². The number of aliphatic hydroxyl groups is 1. The van der Waals surface area contributed by atoms with E-state index in [0.717, 1.165) is 41.7 Å². The number of rotatable bonds is 6. The van der Waals surface area contributed by atoms with Crippen molar-refractivity contribution < 1.29 is 14.3 Å². The maximum Gasteiger partial charge on any atom is 0.261 e. The minimum absolute atomic E-state index is 0.159. The molecule has 184 valence electrons. The van der Waals surface area contributed by atoms with Gasteiger partial charge in [0.15, 0.2) is 0 Å². The van der Waals surface area contributed by atoms with Gasteiger partial charge in [-0.2, -0.15) is 0 Å². The van der Waals surface area contributed by atoms with E-state index in [-0.39, 0.29) is 18.1 Å². The summed E-state index contributed by atoms with van der Waals surface area (Å²) >= 11 is 3.55. The van der Waals surface area contributed by atoms with Crippen LogP contribution in [0.4, 0.5) is 17.1 Å². The van der Waals surface area contributed by atoms with Crippen molar-refractivity contribution in [1.82, 2.24) is 4.90 Å². The SMILES string of the molecule is O=C(Nc1cc(Br)ccc1N1CCN(CCO)CC1)c1cc2ccccc2oc1=Nc1ccccc1. The normalized spacial score (nSPS) is 14.8. The Morgan fingerprint density at radius 2 is 1.72 bits per heavy atom. The van der Waals surface area contributed by atoms with Crippen molar-refractivity contribution in [1.29, 1.82) is 0 Å².